The molecule has 0 spiro atoms. The first-order chi connectivity index (χ1) is 36.8. The molecule has 0 saturated carbocycles. The molecular weight excluding hydrogens is 909 g/mol. The maximum atomic E-state index is 2.64. The molecule has 11 aromatic carbocycles. The maximum Gasteiger partial charge on any atom is 0.0634 e. The van der Waals surface area contributed by atoms with E-state index < -0.39 is 0 Å². The summed E-state index contributed by atoms with van der Waals surface area (Å²) in [7, 11) is 0. The second-order valence-corrected chi connectivity index (χ2v) is 20.9. The third kappa shape index (κ3) is 6.36. The highest BCUT2D eigenvalue weighted by molar-refractivity contribution is 6.38. The van der Waals surface area contributed by atoms with Gasteiger partial charge < -0.3 is 18.6 Å². The summed E-state index contributed by atoms with van der Waals surface area (Å²) < 4.78 is 5.27. The second-order valence-electron chi connectivity index (χ2n) is 20.9. The normalized spacial score (nSPS) is 12.1. The highest BCUT2D eigenvalue weighted by Gasteiger charge is 2.31. The molecule has 356 valence electrons. The molecule has 15 aromatic rings. The number of fused-ring (bicyclic) bond motifs is 12. The minimum absolute atomic E-state index is 1.11. The SMILES string of the molecule is Cc1cc(C)cc(N(c2ccccc2)c2ccc3c4cccc5c6c(-c7ccccc7)c7c(c(-c8ccccc8)c6n(c3c2)c45)c2cccc3c4ccc(N(c5cc(C)cc(C)c5)c5ccccc5C)cc4n7c32)c1. The lowest BCUT2D eigenvalue weighted by Gasteiger charge is -2.28. The fraction of sp³-hybridized carbons (Fsp3) is 0.0704. The van der Waals surface area contributed by atoms with Crippen LogP contribution in [-0.2, 0) is 0 Å². The Morgan fingerprint density at radius 3 is 1.17 bits per heavy atom. The third-order valence-corrected chi connectivity index (χ3v) is 15.9. The molecule has 0 amide bonds. The lowest BCUT2D eigenvalue weighted by molar-refractivity contribution is 1.23. The van der Waals surface area contributed by atoms with Gasteiger partial charge in [0.05, 0.1) is 33.1 Å². The Labute approximate surface area is 435 Å². The first-order valence-corrected chi connectivity index (χ1v) is 26.2. The van der Waals surface area contributed by atoms with E-state index in [2.05, 4.69) is 278 Å². The summed E-state index contributed by atoms with van der Waals surface area (Å²) in [5.74, 6) is 0. The van der Waals surface area contributed by atoms with Gasteiger partial charge in [-0.25, -0.2) is 0 Å². The fourth-order valence-electron chi connectivity index (χ4n) is 13.1. The van der Waals surface area contributed by atoms with Crippen molar-refractivity contribution in [1.82, 2.24) is 8.80 Å². The topological polar surface area (TPSA) is 15.3 Å². The van der Waals surface area contributed by atoms with E-state index in [1.54, 1.807) is 0 Å². The molecule has 4 aromatic heterocycles. The molecule has 0 saturated heterocycles. The Hall–Kier alpha value is -9.38. The van der Waals surface area contributed by atoms with E-state index in [1.807, 2.05) is 0 Å². The minimum atomic E-state index is 1.11. The van der Waals surface area contributed by atoms with Crippen molar-refractivity contribution in [3.8, 4) is 22.3 Å². The van der Waals surface area contributed by atoms with Crippen LogP contribution in [0.15, 0.2) is 224 Å². The van der Waals surface area contributed by atoms with Crippen molar-refractivity contribution in [2.45, 2.75) is 34.6 Å². The molecule has 4 heteroatoms. The molecular formula is C71H52N4. The van der Waals surface area contributed by atoms with Gasteiger partial charge >= 0.3 is 0 Å². The first-order valence-electron chi connectivity index (χ1n) is 26.2. The predicted molar refractivity (Wildman–Crippen MR) is 320 cm³/mol. The van der Waals surface area contributed by atoms with Gasteiger partial charge in [0.15, 0.2) is 0 Å². The van der Waals surface area contributed by atoms with E-state index in [0.29, 0.717) is 0 Å². The molecule has 0 radical (unpaired) electrons. The van der Waals surface area contributed by atoms with Gasteiger partial charge in [0.1, 0.15) is 0 Å². The predicted octanol–water partition coefficient (Wildman–Crippen LogP) is 19.8. The van der Waals surface area contributed by atoms with Crippen LogP contribution in [0.1, 0.15) is 27.8 Å². The van der Waals surface area contributed by atoms with Crippen LogP contribution in [0.25, 0.3) is 98.4 Å². The third-order valence-electron chi connectivity index (χ3n) is 15.9. The molecule has 15 rings (SSSR count). The molecule has 4 heterocycles. The van der Waals surface area contributed by atoms with Crippen molar-refractivity contribution in [2.24, 2.45) is 0 Å². The lowest BCUT2D eigenvalue weighted by atomic mass is 9.89. The van der Waals surface area contributed by atoms with Gasteiger partial charge in [0.25, 0.3) is 0 Å². The zero-order valence-electron chi connectivity index (χ0n) is 42.7. The monoisotopic (exact) mass is 960 g/mol. The summed E-state index contributed by atoms with van der Waals surface area (Å²) in [4.78, 5) is 4.88. The summed E-state index contributed by atoms with van der Waals surface area (Å²) in [6, 6.07) is 84.0. The van der Waals surface area contributed by atoms with Crippen LogP contribution in [0.4, 0.5) is 34.1 Å². The van der Waals surface area contributed by atoms with Crippen LogP contribution in [0.5, 0.6) is 0 Å². The van der Waals surface area contributed by atoms with Gasteiger partial charge in [0, 0.05) is 88.3 Å². The van der Waals surface area contributed by atoms with E-state index in [-0.39, 0.29) is 0 Å². The number of benzene rings is 11. The van der Waals surface area contributed by atoms with E-state index in [1.165, 1.54) is 132 Å². The first kappa shape index (κ1) is 43.2. The average Bonchev–Trinajstić information content (AvgIpc) is 4.36. The van der Waals surface area contributed by atoms with Crippen molar-refractivity contribution >= 4 is 110 Å². The van der Waals surface area contributed by atoms with Gasteiger partial charge in [-0.2, -0.15) is 0 Å². The summed E-state index contributed by atoms with van der Waals surface area (Å²) in [6.07, 6.45) is 0. The molecule has 4 nitrogen and oxygen atoms in total. The van der Waals surface area contributed by atoms with Gasteiger partial charge in [-0.15, -0.1) is 0 Å². The van der Waals surface area contributed by atoms with Crippen molar-refractivity contribution < 1.29 is 0 Å². The van der Waals surface area contributed by atoms with Crippen molar-refractivity contribution in [1.29, 1.82) is 0 Å². The molecule has 0 aliphatic rings. The van der Waals surface area contributed by atoms with Crippen LogP contribution in [0, 0.1) is 34.6 Å². The maximum absolute atomic E-state index is 2.64. The quantitative estimate of drug-likeness (QED) is 0.151. The largest absolute Gasteiger partial charge is 0.310 e. The van der Waals surface area contributed by atoms with E-state index in [0.717, 1.165) is 28.4 Å². The summed E-state index contributed by atoms with van der Waals surface area (Å²) >= 11 is 0. The number of aromatic nitrogens is 2. The Bertz CT molecular complexity index is 4710. The second kappa shape index (κ2) is 16.3. The van der Waals surface area contributed by atoms with Crippen molar-refractivity contribution in [3.63, 3.8) is 0 Å². The molecule has 0 unspecified atom stereocenters. The average molecular weight is 961 g/mol. The Balaban J connectivity index is 1.13. The molecule has 75 heavy (non-hydrogen) atoms. The summed E-state index contributed by atoms with van der Waals surface area (Å²) in [5, 5.41) is 10.0. The highest BCUT2D eigenvalue weighted by atomic mass is 15.2. The minimum Gasteiger partial charge on any atom is -0.310 e. The van der Waals surface area contributed by atoms with E-state index in [9.17, 15) is 0 Å². The van der Waals surface area contributed by atoms with Gasteiger partial charge in [-0.3, -0.25) is 0 Å². The molecule has 0 fully saturated rings. The van der Waals surface area contributed by atoms with Gasteiger partial charge in [-0.1, -0.05) is 158 Å². The van der Waals surface area contributed by atoms with E-state index >= 15 is 0 Å². The van der Waals surface area contributed by atoms with E-state index in [4.69, 9.17) is 0 Å². The molecule has 0 aliphatic carbocycles. The zero-order valence-corrected chi connectivity index (χ0v) is 42.7. The summed E-state index contributed by atoms with van der Waals surface area (Å²) in [5.41, 5.74) is 25.2. The smallest absolute Gasteiger partial charge is 0.0634 e. The van der Waals surface area contributed by atoms with Crippen LogP contribution in [-0.4, -0.2) is 8.80 Å². The Morgan fingerprint density at radius 1 is 0.280 bits per heavy atom. The molecule has 0 N–H and O–H groups in total. The van der Waals surface area contributed by atoms with Crippen molar-refractivity contribution in [2.75, 3.05) is 9.80 Å². The van der Waals surface area contributed by atoms with Crippen LogP contribution in [0.2, 0.25) is 0 Å². The zero-order chi connectivity index (χ0) is 50.2. The molecule has 0 bridgehead atoms. The van der Waals surface area contributed by atoms with Crippen LogP contribution in [0.3, 0.4) is 0 Å². The number of hydrogen-bond donors (Lipinski definition) is 0. The van der Waals surface area contributed by atoms with Crippen molar-refractivity contribution in [3.05, 3.63) is 252 Å². The summed E-state index contributed by atoms with van der Waals surface area (Å²) in [6.45, 7) is 11.0. The molecule has 0 atom stereocenters. The molecule has 0 aliphatic heterocycles. The number of hydrogen-bond acceptors (Lipinski definition) is 2. The number of nitrogens with zero attached hydrogens (tertiary/aromatic N) is 4. The van der Waals surface area contributed by atoms with Gasteiger partial charge in [0.2, 0.25) is 0 Å². The lowest BCUT2D eigenvalue weighted by Crippen LogP contribution is -2.11. The van der Waals surface area contributed by atoms with Gasteiger partial charge in [-0.05, 0) is 140 Å². The number of aryl methyl sites for hydroxylation is 5. The Kier molecular flexibility index (Phi) is 9.40. The number of rotatable bonds is 8. The Morgan fingerprint density at radius 2 is 0.693 bits per heavy atom. The number of para-hydroxylation sites is 4. The number of anilines is 6. The van der Waals surface area contributed by atoms with Crippen LogP contribution < -0.4 is 9.80 Å². The van der Waals surface area contributed by atoms with Crippen LogP contribution >= 0.6 is 0 Å². The standard InChI is InChI=1S/C71H52N4/c1-43-35-44(2)38-53(37-43)72(50-24-13-8-14-25-50)51-31-33-55-57-26-17-28-59-66-65(49-22-11-7-12-23-49)71-67(64(48-20-9-6-10-21-48)70(66)74(68(57)59)62(55)41-51)60-29-18-27-58-56-34-32-52(42-63(56)75(71)69(58)60)73(61-30-16-15-19-47(61)5)54-39-45(3)36-46(4)40-54/h6-42H,1-5H3. The highest BCUT2D eigenvalue weighted by Crippen LogP contribution is 2.55. The fourth-order valence-corrected chi connectivity index (χ4v) is 13.1.